The topological polar surface area (TPSA) is 30.7 Å². The first-order valence-electron chi connectivity index (χ1n) is 7.18. The first-order valence-corrected chi connectivity index (χ1v) is 7.18. The number of benzene rings is 1. The summed E-state index contributed by atoms with van der Waals surface area (Å²) in [4.78, 5) is 9.31. The summed E-state index contributed by atoms with van der Waals surface area (Å²) in [5.41, 5.74) is 4.66. The van der Waals surface area contributed by atoms with E-state index in [1.807, 2.05) is 12.3 Å². The number of rotatable bonds is 3. The van der Waals surface area contributed by atoms with E-state index in [4.69, 9.17) is 4.98 Å². The smallest absolute Gasteiger partial charge is 0.160 e. The Morgan fingerprint density at radius 3 is 2.70 bits per heavy atom. The fourth-order valence-electron chi connectivity index (χ4n) is 2.71. The number of nitrogens with zero attached hydrogens (tertiary/aromatic N) is 3. The third-order valence-corrected chi connectivity index (χ3v) is 3.92. The molecule has 0 radical (unpaired) electrons. The molecular weight excluding hydrogens is 246 g/mol. The van der Waals surface area contributed by atoms with Gasteiger partial charge in [-0.2, -0.15) is 0 Å². The molecule has 1 aromatic carbocycles. The molecule has 20 heavy (non-hydrogen) atoms. The van der Waals surface area contributed by atoms with E-state index >= 15 is 0 Å². The summed E-state index contributed by atoms with van der Waals surface area (Å²) in [7, 11) is 0. The summed E-state index contributed by atoms with van der Waals surface area (Å²) in [6.07, 6.45) is 5.25. The van der Waals surface area contributed by atoms with E-state index in [2.05, 4.69) is 46.8 Å². The zero-order chi connectivity index (χ0) is 13.5. The summed E-state index contributed by atoms with van der Waals surface area (Å²) in [6, 6.07) is 13.3. The van der Waals surface area contributed by atoms with Gasteiger partial charge >= 0.3 is 0 Å². The van der Waals surface area contributed by atoms with Crippen LogP contribution in [-0.2, 0) is 6.42 Å². The Kier molecular flexibility index (Phi) is 2.59. The van der Waals surface area contributed by atoms with Crippen LogP contribution in [0.4, 0.5) is 0 Å². The van der Waals surface area contributed by atoms with Crippen LogP contribution >= 0.6 is 0 Å². The second kappa shape index (κ2) is 4.44. The Morgan fingerprint density at radius 1 is 1.15 bits per heavy atom. The molecule has 0 unspecified atom stereocenters. The van der Waals surface area contributed by atoms with Crippen LogP contribution in [0.15, 0.2) is 42.6 Å². The molecule has 1 aliphatic rings. The van der Waals surface area contributed by atoms with Crippen molar-refractivity contribution in [1.29, 1.82) is 0 Å². The molecule has 3 nitrogen and oxygen atoms in total. The van der Waals surface area contributed by atoms with E-state index in [1.165, 1.54) is 24.0 Å². The molecule has 3 heteroatoms. The van der Waals surface area contributed by atoms with Crippen molar-refractivity contribution in [2.45, 2.75) is 32.2 Å². The van der Waals surface area contributed by atoms with Gasteiger partial charge in [-0.05, 0) is 37.5 Å². The standard InChI is InChI=1S/C17H17N3/c1-12-4-6-13(7-5-12)11-16-19-15-3-2-10-18-17(15)20(16)14-8-9-14/h2-7,10,14H,8-9,11H2,1H3. The Bertz CT molecular complexity index is 752. The highest BCUT2D eigenvalue weighted by atomic mass is 15.2. The molecule has 1 aliphatic carbocycles. The van der Waals surface area contributed by atoms with Crippen LogP contribution in [0.5, 0.6) is 0 Å². The number of fused-ring (bicyclic) bond motifs is 1. The average molecular weight is 263 g/mol. The third-order valence-electron chi connectivity index (χ3n) is 3.92. The quantitative estimate of drug-likeness (QED) is 0.722. The van der Waals surface area contributed by atoms with Crippen molar-refractivity contribution in [1.82, 2.24) is 14.5 Å². The molecule has 1 fully saturated rings. The minimum Gasteiger partial charge on any atom is -0.309 e. The molecule has 1 saturated carbocycles. The lowest BCUT2D eigenvalue weighted by Gasteiger charge is -2.07. The number of aromatic nitrogens is 3. The van der Waals surface area contributed by atoms with Crippen LogP contribution in [0.3, 0.4) is 0 Å². The lowest BCUT2D eigenvalue weighted by atomic mass is 10.1. The predicted octanol–water partition coefficient (Wildman–Crippen LogP) is 3.67. The van der Waals surface area contributed by atoms with Gasteiger partial charge < -0.3 is 4.57 Å². The second-order valence-electron chi connectivity index (χ2n) is 5.64. The van der Waals surface area contributed by atoms with E-state index in [1.54, 1.807) is 0 Å². The van der Waals surface area contributed by atoms with Gasteiger partial charge in [0.25, 0.3) is 0 Å². The molecule has 0 spiro atoms. The van der Waals surface area contributed by atoms with Crippen LogP contribution in [0.1, 0.15) is 35.8 Å². The lowest BCUT2D eigenvalue weighted by Crippen LogP contribution is -2.03. The van der Waals surface area contributed by atoms with E-state index < -0.39 is 0 Å². The van der Waals surface area contributed by atoms with Gasteiger partial charge in [-0.15, -0.1) is 0 Å². The first kappa shape index (κ1) is 11.6. The number of imidazole rings is 1. The number of hydrogen-bond acceptors (Lipinski definition) is 2. The highest BCUT2D eigenvalue weighted by molar-refractivity contribution is 5.71. The molecule has 0 N–H and O–H groups in total. The molecule has 0 saturated heterocycles. The van der Waals surface area contributed by atoms with Crippen LogP contribution in [-0.4, -0.2) is 14.5 Å². The molecule has 0 amide bonds. The van der Waals surface area contributed by atoms with Gasteiger partial charge in [0.2, 0.25) is 0 Å². The largest absolute Gasteiger partial charge is 0.309 e. The van der Waals surface area contributed by atoms with Crippen LogP contribution in [0.2, 0.25) is 0 Å². The SMILES string of the molecule is Cc1ccc(Cc2nc3cccnc3n2C2CC2)cc1. The zero-order valence-electron chi connectivity index (χ0n) is 11.6. The molecule has 0 aliphatic heterocycles. The van der Waals surface area contributed by atoms with Gasteiger partial charge in [0, 0.05) is 18.7 Å². The second-order valence-corrected chi connectivity index (χ2v) is 5.64. The highest BCUT2D eigenvalue weighted by Crippen LogP contribution is 2.38. The van der Waals surface area contributed by atoms with Crippen molar-refractivity contribution < 1.29 is 0 Å². The van der Waals surface area contributed by atoms with Crippen molar-refractivity contribution in [2.24, 2.45) is 0 Å². The molecular formula is C17H17N3. The molecule has 4 rings (SSSR count). The fraction of sp³-hybridized carbons (Fsp3) is 0.294. The molecule has 0 atom stereocenters. The normalized spacial score (nSPS) is 14.8. The number of hydrogen-bond donors (Lipinski definition) is 0. The highest BCUT2D eigenvalue weighted by Gasteiger charge is 2.28. The first-order chi connectivity index (χ1) is 9.81. The summed E-state index contributed by atoms with van der Waals surface area (Å²) in [6.45, 7) is 2.12. The van der Waals surface area contributed by atoms with Gasteiger partial charge in [0.1, 0.15) is 11.3 Å². The molecule has 2 aromatic heterocycles. The minimum absolute atomic E-state index is 0.607. The molecule has 100 valence electrons. The lowest BCUT2D eigenvalue weighted by molar-refractivity contribution is 0.709. The average Bonchev–Trinajstić information content (AvgIpc) is 3.23. The Labute approximate surface area is 118 Å². The maximum Gasteiger partial charge on any atom is 0.160 e. The Balaban J connectivity index is 1.78. The fourth-order valence-corrected chi connectivity index (χ4v) is 2.71. The molecule has 3 aromatic rings. The van der Waals surface area contributed by atoms with E-state index in [-0.39, 0.29) is 0 Å². The van der Waals surface area contributed by atoms with Gasteiger partial charge in [-0.25, -0.2) is 9.97 Å². The summed E-state index contributed by atoms with van der Waals surface area (Å²) >= 11 is 0. The zero-order valence-corrected chi connectivity index (χ0v) is 11.6. The summed E-state index contributed by atoms with van der Waals surface area (Å²) in [5.74, 6) is 1.14. The van der Waals surface area contributed by atoms with Gasteiger partial charge in [-0.3, -0.25) is 0 Å². The number of aryl methyl sites for hydroxylation is 1. The van der Waals surface area contributed by atoms with Gasteiger partial charge in [0.15, 0.2) is 5.65 Å². The van der Waals surface area contributed by atoms with Crippen LogP contribution in [0.25, 0.3) is 11.2 Å². The third kappa shape index (κ3) is 1.99. The Morgan fingerprint density at radius 2 is 1.95 bits per heavy atom. The molecule has 2 heterocycles. The summed E-state index contributed by atoms with van der Waals surface area (Å²) < 4.78 is 2.34. The monoisotopic (exact) mass is 263 g/mol. The molecule has 0 bridgehead atoms. The van der Waals surface area contributed by atoms with E-state index in [0.29, 0.717) is 6.04 Å². The maximum absolute atomic E-state index is 4.79. The predicted molar refractivity (Wildman–Crippen MR) is 79.8 cm³/mol. The van der Waals surface area contributed by atoms with Crippen LogP contribution in [0, 0.1) is 6.92 Å². The van der Waals surface area contributed by atoms with Gasteiger partial charge in [-0.1, -0.05) is 29.8 Å². The Hall–Kier alpha value is -2.16. The number of pyridine rings is 1. The van der Waals surface area contributed by atoms with Gasteiger partial charge in [0.05, 0.1) is 0 Å². The maximum atomic E-state index is 4.79. The van der Waals surface area contributed by atoms with Crippen molar-refractivity contribution in [2.75, 3.05) is 0 Å². The van der Waals surface area contributed by atoms with Crippen molar-refractivity contribution in [3.05, 3.63) is 59.5 Å². The van der Waals surface area contributed by atoms with Crippen molar-refractivity contribution >= 4 is 11.2 Å². The van der Waals surface area contributed by atoms with Crippen molar-refractivity contribution in [3.8, 4) is 0 Å². The minimum atomic E-state index is 0.607. The van der Waals surface area contributed by atoms with Crippen molar-refractivity contribution in [3.63, 3.8) is 0 Å². The van der Waals surface area contributed by atoms with E-state index in [0.717, 1.165) is 23.4 Å². The summed E-state index contributed by atoms with van der Waals surface area (Å²) in [5, 5.41) is 0. The van der Waals surface area contributed by atoms with Crippen LogP contribution < -0.4 is 0 Å². The van der Waals surface area contributed by atoms with E-state index in [9.17, 15) is 0 Å².